The third-order valence-electron chi connectivity index (χ3n) is 3.50. The quantitative estimate of drug-likeness (QED) is 0.457. The highest BCUT2D eigenvalue weighted by molar-refractivity contribution is 7.98. The number of hydrogen-bond donors (Lipinski definition) is 2. The fourth-order valence-electron chi connectivity index (χ4n) is 2.45. The minimum Gasteiger partial charge on any atom is -0.387 e. The predicted octanol–water partition coefficient (Wildman–Crippen LogP) is -0.0471. The number of fused-ring (bicyclic) bond motifs is 1. The van der Waals surface area contributed by atoms with Gasteiger partial charge in [-0.3, -0.25) is 4.57 Å². The van der Waals surface area contributed by atoms with Gasteiger partial charge in [-0.25, -0.2) is 4.98 Å². The summed E-state index contributed by atoms with van der Waals surface area (Å²) in [6.45, 7) is 0.126. The van der Waals surface area contributed by atoms with E-state index in [1.54, 1.807) is 6.26 Å². The summed E-state index contributed by atoms with van der Waals surface area (Å²) >= 11 is 1.24. The Labute approximate surface area is 129 Å². The molecule has 22 heavy (non-hydrogen) atoms. The van der Waals surface area contributed by atoms with Crippen LogP contribution in [0.5, 0.6) is 0 Å². The Morgan fingerprint density at radius 3 is 2.86 bits per heavy atom. The minimum absolute atomic E-state index is 0.126. The molecule has 10 heteroatoms. The van der Waals surface area contributed by atoms with Crippen LogP contribution in [-0.2, 0) is 9.47 Å². The standard InChI is InChI=1S/C12H15FN4O4S/c1-20-3-5-7(18)8(19)11(21-5)17-4-14-6-9(17)15-12(13)16-10(6)22-2/h4-5,7-8,11,18-19H,3H2,1-2H3/t5-,7-,8-,11-/m1/s1. The van der Waals surface area contributed by atoms with E-state index in [0.29, 0.717) is 10.5 Å². The highest BCUT2D eigenvalue weighted by Gasteiger charge is 2.44. The molecule has 0 spiro atoms. The van der Waals surface area contributed by atoms with Gasteiger partial charge in [0.25, 0.3) is 0 Å². The molecule has 2 aromatic heterocycles. The molecule has 0 bridgehead atoms. The Morgan fingerprint density at radius 2 is 2.18 bits per heavy atom. The summed E-state index contributed by atoms with van der Waals surface area (Å²) < 4.78 is 25.5. The minimum atomic E-state index is -1.20. The molecule has 0 radical (unpaired) electrons. The molecule has 1 aliphatic rings. The van der Waals surface area contributed by atoms with Gasteiger partial charge in [-0.2, -0.15) is 14.4 Å². The van der Waals surface area contributed by atoms with Crippen molar-refractivity contribution in [3.63, 3.8) is 0 Å². The SMILES string of the molecule is COC[C@H]1O[C@@H](n2cnc3c(SC)nc(F)nc32)[C@H](O)[C@@H]1O. The molecule has 2 N–H and O–H groups in total. The first-order chi connectivity index (χ1) is 10.6. The zero-order valence-corrected chi connectivity index (χ0v) is 12.7. The molecule has 1 aliphatic heterocycles. The van der Waals surface area contributed by atoms with Crippen LogP contribution in [0.25, 0.3) is 11.2 Å². The Hall–Kier alpha value is -1.33. The largest absolute Gasteiger partial charge is 0.387 e. The molecule has 0 aliphatic carbocycles. The van der Waals surface area contributed by atoms with Crippen LogP contribution < -0.4 is 0 Å². The lowest BCUT2D eigenvalue weighted by Gasteiger charge is -2.16. The topological polar surface area (TPSA) is 103 Å². The van der Waals surface area contributed by atoms with Crippen molar-refractivity contribution < 1.29 is 24.1 Å². The third kappa shape index (κ3) is 2.46. The van der Waals surface area contributed by atoms with Gasteiger partial charge in [0, 0.05) is 7.11 Å². The smallest absolute Gasteiger partial charge is 0.311 e. The van der Waals surface area contributed by atoms with Crippen LogP contribution in [0.2, 0.25) is 0 Å². The van der Waals surface area contributed by atoms with Gasteiger partial charge in [-0.1, -0.05) is 0 Å². The maximum Gasteiger partial charge on any atom is 0.311 e. The molecule has 120 valence electrons. The summed E-state index contributed by atoms with van der Waals surface area (Å²) in [7, 11) is 1.47. The first-order valence-corrected chi connectivity index (χ1v) is 7.74. The van der Waals surface area contributed by atoms with Crippen LogP contribution in [0.3, 0.4) is 0 Å². The molecule has 3 rings (SSSR count). The lowest BCUT2D eigenvalue weighted by molar-refractivity contribution is -0.0580. The Morgan fingerprint density at radius 1 is 1.41 bits per heavy atom. The summed E-state index contributed by atoms with van der Waals surface area (Å²) in [5.41, 5.74) is 0.612. The molecule has 3 heterocycles. The van der Waals surface area contributed by atoms with Crippen LogP contribution >= 0.6 is 11.8 Å². The van der Waals surface area contributed by atoms with Crippen molar-refractivity contribution in [3.8, 4) is 0 Å². The van der Waals surface area contributed by atoms with Crippen LogP contribution in [0.15, 0.2) is 11.4 Å². The predicted molar refractivity (Wildman–Crippen MR) is 74.9 cm³/mol. The molecule has 2 aromatic rings. The number of ether oxygens (including phenoxy) is 2. The molecule has 1 saturated heterocycles. The van der Waals surface area contributed by atoms with Crippen molar-refractivity contribution in [1.82, 2.24) is 19.5 Å². The molecule has 8 nitrogen and oxygen atoms in total. The summed E-state index contributed by atoms with van der Waals surface area (Å²) in [4.78, 5) is 11.6. The van der Waals surface area contributed by atoms with Crippen molar-refractivity contribution in [2.24, 2.45) is 0 Å². The van der Waals surface area contributed by atoms with E-state index < -0.39 is 30.6 Å². The number of thioether (sulfide) groups is 1. The van der Waals surface area contributed by atoms with Crippen molar-refractivity contribution >= 4 is 22.9 Å². The number of aliphatic hydroxyl groups is 2. The van der Waals surface area contributed by atoms with E-state index in [1.165, 1.54) is 29.8 Å². The van der Waals surface area contributed by atoms with Crippen LogP contribution in [0.1, 0.15) is 6.23 Å². The number of halogens is 1. The normalized spacial score (nSPS) is 28.6. The zero-order chi connectivity index (χ0) is 15.9. The Bertz CT molecular complexity index is 684. The molecule has 4 atom stereocenters. The van der Waals surface area contributed by atoms with Crippen LogP contribution in [0.4, 0.5) is 4.39 Å². The van der Waals surface area contributed by atoms with Gasteiger partial charge in [0.2, 0.25) is 0 Å². The average Bonchev–Trinajstić information content (AvgIpc) is 3.03. The van der Waals surface area contributed by atoms with Gasteiger partial charge in [0.1, 0.15) is 28.9 Å². The van der Waals surface area contributed by atoms with Crippen molar-refractivity contribution in [2.45, 2.75) is 29.6 Å². The fraction of sp³-hybridized carbons (Fsp3) is 0.583. The van der Waals surface area contributed by atoms with Gasteiger partial charge < -0.3 is 19.7 Å². The van der Waals surface area contributed by atoms with Gasteiger partial charge in [-0.05, 0) is 6.26 Å². The van der Waals surface area contributed by atoms with E-state index in [-0.39, 0.29) is 12.3 Å². The first kappa shape index (κ1) is 15.6. The number of hydrogen-bond acceptors (Lipinski definition) is 8. The van der Waals surface area contributed by atoms with Gasteiger partial charge in [0.15, 0.2) is 11.9 Å². The third-order valence-corrected chi connectivity index (χ3v) is 4.17. The summed E-state index contributed by atoms with van der Waals surface area (Å²) in [6.07, 6.45) is -1.69. The number of aromatic nitrogens is 4. The molecular weight excluding hydrogens is 315 g/mol. The molecule has 1 fully saturated rings. The zero-order valence-electron chi connectivity index (χ0n) is 11.9. The van der Waals surface area contributed by atoms with Gasteiger partial charge >= 0.3 is 6.08 Å². The molecule has 0 saturated carbocycles. The number of rotatable bonds is 4. The summed E-state index contributed by atoms with van der Waals surface area (Å²) in [5, 5.41) is 20.5. The summed E-state index contributed by atoms with van der Waals surface area (Å²) in [6, 6.07) is 0. The molecule has 0 unspecified atom stereocenters. The second kappa shape index (κ2) is 6.05. The Kier molecular flexibility index (Phi) is 4.28. The maximum absolute atomic E-state index is 13.6. The van der Waals surface area contributed by atoms with Crippen LogP contribution in [-0.4, -0.2) is 68.0 Å². The van der Waals surface area contributed by atoms with E-state index in [0.717, 1.165) is 0 Å². The maximum atomic E-state index is 13.6. The summed E-state index contributed by atoms with van der Waals surface area (Å²) in [5.74, 6) is 0. The van der Waals surface area contributed by atoms with Gasteiger partial charge in [-0.15, -0.1) is 11.8 Å². The van der Waals surface area contributed by atoms with E-state index in [1.807, 2.05) is 0 Å². The van der Waals surface area contributed by atoms with E-state index in [4.69, 9.17) is 9.47 Å². The van der Waals surface area contributed by atoms with Crippen molar-refractivity contribution in [1.29, 1.82) is 0 Å². The number of aliphatic hydroxyl groups excluding tert-OH is 2. The van der Waals surface area contributed by atoms with E-state index in [9.17, 15) is 14.6 Å². The van der Waals surface area contributed by atoms with Crippen molar-refractivity contribution in [3.05, 3.63) is 12.4 Å². The van der Waals surface area contributed by atoms with Crippen molar-refractivity contribution in [2.75, 3.05) is 20.0 Å². The highest BCUT2D eigenvalue weighted by Crippen LogP contribution is 2.32. The average molecular weight is 330 g/mol. The van der Waals surface area contributed by atoms with E-state index in [2.05, 4.69) is 15.0 Å². The monoisotopic (exact) mass is 330 g/mol. The van der Waals surface area contributed by atoms with E-state index >= 15 is 0 Å². The number of imidazole rings is 1. The molecular formula is C12H15FN4O4S. The van der Waals surface area contributed by atoms with Gasteiger partial charge in [0.05, 0.1) is 12.9 Å². The number of nitrogens with zero attached hydrogens (tertiary/aromatic N) is 4. The molecule has 0 aromatic carbocycles. The van der Waals surface area contributed by atoms with Crippen LogP contribution in [0, 0.1) is 6.08 Å². The molecule has 0 amide bonds. The second-order valence-corrected chi connectivity index (χ2v) is 5.62. The lowest BCUT2D eigenvalue weighted by atomic mass is 10.1. The number of methoxy groups -OCH3 is 1. The Balaban J connectivity index is 2.02. The second-order valence-electron chi connectivity index (χ2n) is 4.83. The first-order valence-electron chi connectivity index (χ1n) is 6.51. The fourth-order valence-corrected chi connectivity index (χ4v) is 2.96. The highest BCUT2D eigenvalue weighted by atomic mass is 32.2. The lowest BCUT2D eigenvalue weighted by Crippen LogP contribution is -2.33.